The molecule has 2 N–H and O–H groups in total. The van der Waals surface area contributed by atoms with Gasteiger partial charge in [-0.05, 0) is 57.8 Å². The molecule has 2 atom stereocenters. The van der Waals surface area contributed by atoms with Gasteiger partial charge in [-0.2, -0.15) is 0 Å². The smallest absolute Gasteiger partial charge is 0.463 e. The number of phosphoric ester groups is 1. The van der Waals surface area contributed by atoms with E-state index in [1.54, 1.807) is 0 Å². The van der Waals surface area contributed by atoms with Crippen LogP contribution in [0.1, 0.15) is 148 Å². The lowest BCUT2D eigenvalue weighted by atomic mass is 10.0. The topological polar surface area (TPSA) is 102 Å². The summed E-state index contributed by atoms with van der Waals surface area (Å²) in [6.07, 6.45) is 50.8. The van der Waals surface area contributed by atoms with E-state index in [1.165, 1.54) is 77.0 Å². The van der Waals surface area contributed by atoms with Crippen molar-refractivity contribution in [3.63, 3.8) is 0 Å². The maximum atomic E-state index is 11.9. The predicted octanol–water partition coefficient (Wildman–Crippen LogP) is 11.7. The van der Waals surface area contributed by atoms with Crippen LogP contribution in [0, 0.1) is 0 Å². The van der Waals surface area contributed by atoms with Crippen molar-refractivity contribution in [2.24, 2.45) is 0 Å². The number of aliphatic hydroxyl groups is 1. The monoisotopic (exact) mass is 765 g/mol. The van der Waals surface area contributed by atoms with Gasteiger partial charge in [0.2, 0.25) is 0 Å². The number of likely N-dealkylation sites (N-methyl/N-ethyl adjacent to an activating group) is 1. The van der Waals surface area contributed by atoms with Crippen molar-refractivity contribution in [3.8, 4) is 0 Å². The lowest BCUT2D eigenvalue weighted by molar-refractivity contribution is -0.870. The minimum atomic E-state index is -4.25. The Labute approximate surface area is 325 Å². The van der Waals surface area contributed by atoms with E-state index < -0.39 is 20.5 Å². The Kier molecular flexibility index (Phi) is 35.5. The number of unbranched alkanes of at least 4 members (excludes halogenated alkanes) is 14. The maximum Gasteiger partial charge on any atom is 0.472 e. The van der Waals surface area contributed by atoms with Crippen LogP contribution in [-0.2, 0) is 23.1 Å². The fourth-order valence-electron chi connectivity index (χ4n) is 5.25. The number of allylic oxidation sites excluding steroid dienone is 12. The molecule has 9 heteroatoms. The Morgan fingerprint density at radius 1 is 0.585 bits per heavy atom. The Morgan fingerprint density at radius 2 is 0.981 bits per heavy atom. The average Bonchev–Trinajstić information content (AvgIpc) is 3.11. The largest absolute Gasteiger partial charge is 0.472 e. The highest BCUT2D eigenvalue weighted by Crippen LogP contribution is 2.43. The molecule has 0 fully saturated rings. The van der Waals surface area contributed by atoms with Crippen molar-refractivity contribution in [3.05, 3.63) is 72.9 Å². The lowest BCUT2D eigenvalue weighted by Gasteiger charge is -2.24. The highest BCUT2D eigenvalue weighted by atomic mass is 31.2. The molecule has 53 heavy (non-hydrogen) atoms. The first kappa shape index (κ1) is 50.9. The Balaban J connectivity index is 3.46. The number of carbonyl (C=O) groups excluding carboxylic acids is 1. The number of carbonyl (C=O) groups is 1. The summed E-state index contributed by atoms with van der Waals surface area (Å²) in [6, 6.07) is 0. The van der Waals surface area contributed by atoms with Gasteiger partial charge < -0.3 is 19.2 Å². The second-order valence-corrected chi connectivity index (χ2v) is 16.3. The summed E-state index contributed by atoms with van der Waals surface area (Å²) in [5.74, 6) is -0.375. The van der Waals surface area contributed by atoms with Gasteiger partial charge in [-0.15, -0.1) is 0 Å². The zero-order valence-electron chi connectivity index (χ0n) is 34.2. The number of nitrogens with zero attached hydrogens (tertiary/aromatic N) is 1. The molecule has 0 aliphatic rings. The summed E-state index contributed by atoms with van der Waals surface area (Å²) in [7, 11) is 1.56. The highest BCUT2D eigenvalue weighted by Gasteiger charge is 2.24. The number of esters is 1. The number of rotatable bonds is 37. The maximum absolute atomic E-state index is 11.9. The molecule has 0 saturated heterocycles. The molecule has 0 rings (SSSR count). The van der Waals surface area contributed by atoms with Crippen LogP contribution in [0.2, 0.25) is 0 Å². The number of phosphoric acid groups is 1. The van der Waals surface area contributed by atoms with Crippen LogP contribution >= 0.6 is 7.82 Å². The quantitative estimate of drug-likeness (QED) is 0.0213. The van der Waals surface area contributed by atoms with Gasteiger partial charge in [0.25, 0.3) is 0 Å². The van der Waals surface area contributed by atoms with Gasteiger partial charge in [0.1, 0.15) is 25.9 Å². The zero-order valence-corrected chi connectivity index (χ0v) is 35.1. The van der Waals surface area contributed by atoms with Crippen LogP contribution < -0.4 is 0 Å². The van der Waals surface area contributed by atoms with E-state index in [0.717, 1.165) is 57.8 Å². The van der Waals surface area contributed by atoms with Crippen molar-refractivity contribution in [2.75, 3.05) is 47.5 Å². The summed E-state index contributed by atoms with van der Waals surface area (Å²) >= 11 is 0. The summed E-state index contributed by atoms with van der Waals surface area (Å²) in [4.78, 5) is 21.6. The van der Waals surface area contributed by atoms with Gasteiger partial charge >= 0.3 is 13.8 Å². The van der Waals surface area contributed by atoms with E-state index in [2.05, 4.69) is 79.8 Å². The second kappa shape index (κ2) is 36.9. The first-order valence-corrected chi connectivity index (χ1v) is 22.2. The molecule has 0 aromatic heterocycles. The van der Waals surface area contributed by atoms with Crippen LogP contribution in [0.5, 0.6) is 0 Å². The number of ether oxygens (including phenoxy) is 1. The molecule has 0 aliphatic carbocycles. The lowest BCUT2D eigenvalue weighted by Crippen LogP contribution is -2.37. The van der Waals surface area contributed by atoms with Gasteiger partial charge in [-0.1, -0.05) is 157 Å². The van der Waals surface area contributed by atoms with Crippen LogP contribution in [0.4, 0.5) is 0 Å². The van der Waals surface area contributed by atoms with Crippen LogP contribution in [0.25, 0.3) is 0 Å². The fraction of sp³-hybridized carbons (Fsp3) is 0.705. The minimum Gasteiger partial charge on any atom is -0.463 e. The second-order valence-electron chi connectivity index (χ2n) is 14.9. The van der Waals surface area contributed by atoms with Crippen molar-refractivity contribution in [2.45, 2.75) is 154 Å². The van der Waals surface area contributed by atoms with Crippen molar-refractivity contribution < 1.29 is 37.6 Å². The van der Waals surface area contributed by atoms with Gasteiger partial charge in [-0.25, -0.2) is 4.57 Å². The van der Waals surface area contributed by atoms with Crippen molar-refractivity contribution in [1.82, 2.24) is 0 Å². The van der Waals surface area contributed by atoms with Gasteiger partial charge in [0.15, 0.2) is 0 Å². The summed E-state index contributed by atoms with van der Waals surface area (Å²) in [5, 5.41) is 9.91. The number of hydrogen-bond acceptors (Lipinski definition) is 6. The minimum absolute atomic E-state index is 0.0521. The summed E-state index contributed by atoms with van der Waals surface area (Å²) in [5.41, 5.74) is 0. The van der Waals surface area contributed by atoms with E-state index in [4.69, 9.17) is 13.8 Å². The van der Waals surface area contributed by atoms with Gasteiger partial charge in [0.05, 0.1) is 27.7 Å². The Hall–Kier alpha value is -2.06. The predicted molar refractivity (Wildman–Crippen MR) is 224 cm³/mol. The Bertz CT molecular complexity index is 1070. The molecule has 8 nitrogen and oxygen atoms in total. The van der Waals surface area contributed by atoms with Crippen molar-refractivity contribution >= 4 is 13.8 Å². The average molecular weight is 765 g/mol. The highest BCUT2D eigenvalue weighted by molar-refractivity contribution is 7.47. The molecule has 0 spiro atoms. The Morgan fingerprint density at radius 3 is 1.42 bits per heavy atom. The third kappa shape index (κ3) is 42.5. The summed E-state index contributed by atoms with van der Waals surface area (Å²) in [6.45, 7) is 2.02. The molecule has 0 heterocycles. The molecule has 2 unspecified atom stereocenters. The van der Waals surface area contributed by atoms with Crippen molar-refractivity contribution in [1.29, 1.82) is 0 Å². The van der Waals surface area contributed by atoms with Crippen LogP contribution in [0.3, 0.4) is 0 Å². The molecule has 0 aliphatic heterocycles. The number of aliphatic hydroxyl groups excluding tert-OH is 1. The SMILES string of the molecule is CC/C=C\C/C=C\C/C=C\C/C=C\C/C=C\C/C=C\CCCCCCCCCCCCCCCCC(=O)OCC(O)COP(=O)(O)OCC[N+](C)(C)C. The standard InChI is InChI=1S/C44H78NO7P/c1-5-6-7-8-9-10-11-12-13-14-15-16-17-18-19-20-21-22-23-24-25-26-27-28-29-30-31-32-33-34-35-36-37-38-44(47)50-41-43(46)42-52-53(48,49)51-40-39-45(2,3)4/h6-7,9-10,12-13,15-16,18-19,21-22,43,46H,5,8,11,14,17,20,23-42H2,1-4H3/p+1/b7-6-,10-9-,13-12-,16-15-,19-18-,22-21-. The van der Waals surface area contributed by atoms with Gasteiger partial charge in [0, 0.05) is 6.42 Å². The molecule has 306 valence electrons. The van der Waals surface area contributed by atoms with E-state index in [9.17, 15) is 19.4 Å². The third-order valence-electron chi connectivity index (χ3n) is 8.48. The molecule has 0 radical (unpaired) electrons. The molecular formula is C44H79NO7P+. The van der Waals surface area contributed by atoms with E-state index in [1.807, 2.05) is 21.1 Å². The van der Waals surface area contributed by atoms with Gasteiger partial charge in [-0.3, -0.25) is 13.8 Å². The zero-order chi connectivity index (χ0) is 39.1. The molecule has 0 aromatic rings. The number of hydrogen-bond donors (Lipinski definition) is 2. The first-order chi connectivity index (χ1) is 25.6. The normalized spacial score (nSPS) is 14.6. The molecular weight excluding hydrogens is 685 g/mol. The molecule has 0 amide bonds. The summed E-state index contributed by atoms with van der Waals surface area (Å²) < 4.78 is 27.2. The fourth-order valence-corrected chi connectivity index (χ4v) is 6.00. The van der Waals surface area contributed by atoms with Crippen LogP contribution in [0.15, 0.2) is 72.9 Å². The van der Waals surface area contributed by atoms with E-state index >= 15 is 0 Å². The van der Waals surface area contributed by atoms with Crippen LogP contribution in [-0.4, -0.2) is 74.1 Å². The van der Waals surface area contributed by atoms with E-state index in [-0.39, 0.29) is 19.2 Å². The third-order valence-corrected chi connectivity index (χ3v) is 9.47. The first-order valence-electron chi connectivity index (χ1n) is 20.7. The van der Waals surface area contributed by atoms with E-state index in [0.29, 0.717) is 17.4 Å². The molecule has 0 aromatic carbocycles. The number of quaternary nitrogens is 1. The molecule has 0 bridgehead atoms. The molecule has 0 saturated carbocycles.